The highest BCUT2D eigenvalue weighted by Gasteiger charge is 2.44. The highest BCUT2D eigenvalue weighted by atomic mass is 16.4. The van der Waals surface area contributed by atoms with Crippen LogP contribution in [0.4, 0.5) is 0 Å². The molecule has 88 valence electrons. The summed E-state index contributed by atoms with van der Waals surface area (Å²) in [4.78, 5) is 15.7. The summed E-state index contributed by atoms with van der Waals surface area (Å²) in [5.41, 5.74) is 5.66. The van der Waals surface area contributed by atoms with Crippen molar-refractivity contribution in [3.05, 3.63) is 18.2 Å². The zero-order valence-corrected chi connectivity index (χ0v) is 9.39. The number of aromatic nitrogens is 2. The first-order valence-electron chi connectivity index (χ1n) is 5.52. The lowest BCUT2D eigenvalue weighted by Crippen LogP contribution is -2.43. The standard InChI is InChI=1S/C11H17N3O2/c1-14-6-9(13-7-14)11(10(15)16)4-2-8(12)3-5-11/h6-8H,2-5,12H2,1H3,(H,15,16). The smallest absolute Gasteiger partial charge is 0.315 e. The fourth-order valence-electron chi connectivity index (χ4n) is 2.37. The predicted octanol–water partition coefficient (Wildman–Crippen LogP) is 0.644. The Morgan fingerprint density at radius 3 is 2.69 bits per heavy atom. The second-order valence-corrected chi connectivity index (χ2v) is 4.65. The van der Waals surface area contributed by atoms with Crippen LogP contribution in [-0.2, 0) is 17.3 Å². The fraction of sp³-hybridized carbons (Fsp3) is 0.636. The highest BCUT2D eigenvalue weighted by molar-refractivity contribution is 5.80. The molecule has 1 aromatic rings. The molecule has 1 heterocycles. The molecule has 0 bridgehead atoms. The summed E-state index contributed by atoms with van der Waals surface area (Å²) in [6, 6.07) is 0.135. The van der Waals surface area contributed by atoms with Crippen LogP contribution in [0.3, 0.4) is 0 Å². The van der Waals surface area contributed by atoms with Gasteiger partial charge in [-0.2, -0.15) is 0 Å². The minimum atomic E-state index is -0.822. The molecule has 0 radical (unpaired) electrons. The molecule has 2 rings (SSSR count). The van der Waals surface area contributed by atoms with Crippen LogP contribution in [-0.4, -0.2) is 26.7 Å². The number of imidazole rings is 1. The first kappa shape index (κ1) is 11.1. The van der Waals surface area contributed by atoms with Gasteiger partial charge in [-0.05, 0) is 25.7 Å². The van der Waals surface area contributed by atoms with Crippen LogP contribution in [0.1, 0.15) is 31.4 Å². The zero-order valence-electron chi connectivity index (χ0n) is 9.39. The molecule has 1 aromatic heterocycles. The lowest BCUT2D eigenvalue weighted by atomic mass is 9.70. The molecule has 5 heteroatoms. The Morgan fingerprint density at radius 1 is 1.62 bits per heavy atom. The summed E-state index contributed by atoms with van der Waals surface area (Å²) in [6.07, 6.45) is 6.12. The summed E-state index contributed by atoms with van der Waals surface area (Å²) in [6.45, 7) is 0. The van der Waals surface area contributed by atoms with Crippen molar-refractivity contribution in [3.8, 4) is 0 Å². The molecule has 0 aromatic carbocycles. The molecular weight excluding hydrogens is 206 g/mol. The zero-order chi connectivity index (χ0) is 11.8. The Bertz CT molecular complexity index is 392. The van der Waals surface area contributed by atoms with Crippen molar-refractivity contribution >= 4 is 5.97 Å². The van der Waals surface area contributed by atoms with Gasteiger partial charge in [0.1, 0.15) is 5.41 Å². The Morgan fingerprint density at radius 2 is 2.25 bits per heavy atom. The molecule has 0 aliphatic heterocycles. The molecule has 3 N–H and O–H groups in total. The van der Waals surface area contributed by atoms with Crippen molar-refractivity contribution in [2.24, 2.45) is 12.8 Å². The van der Waals surface area contributed by atoms with Crippen LogP contribution < -0.4 is 5.73 Å². The van der Waals surface area contributed by atoms with E-state index in [1.54, 1.807) is 17.1 Å². The van der Waals surface area contributed by atoms with Crippen LogP contribution in [0.5, 0.6) is 0 Å². The first-order valence-corrected chi connectivity index (χ1v) is 5.52. The van der Waals surface area contributed by atoms with Crippen molar-refractivity contribution < 1.29 is 9.90 Å². The molecule has 0 spiro atoms. The molecule has 0 unspecified atom stereocenters. The number of nitrogens with two attached hydrogens (primary N) is 1. The molecule has 0 amide bonds. The molecule has 0 saturated heterocycles. The topological polar surface area (TPSA) is 81.1 Å². The number of aliphatic carboxylic acids is 1. The summed E-state index contributed by atoms with van der Waals surface area (Å²) < 4.78 is 1.79. The highest BCUT2D eigenvalue weighted by Crippen LogP contribution is 2.38. The molecular formula is C11H17N3O2. The molecule has 1 saturated carbocycles. The normalized spacial score (nSPS) is 30.2. The third-order valence-corrected chi connectivity index (χ3v) is 3.49. The SMILES string of the molecule is Cn1cnc(C2(C(=O)O)CCC(N)CC2)c1. The number of rotatable bonds is 2. The van der Waals surface area contributed by atoms with E-state index < -0.39 is 11.4 Å². The number of carbonyl (C=O) groups is 1. The minimum absolute atomic E-state index is 0.135. The van der Waals surface area contributed by atoms with Gasteiger partial charge in [-0.1, -0.05) is 0 Å². The molecule has 0 atom stereocenters. The van der Waals surface area contributed by atoms with Gasteiger partial charge in [0.15, 0.2) is 0 Å². The Labute approximate surface area is 94.3 Å². The monoisotopic (exact) mass is 223 g/mol. The van der Waals surface area contributed by atoms with Gasteiger partial charge in [-0.25, -0.2) is 4.98 Å². The summed E-state index contributed by atoms with van der Waals surface area (Å²) in [5.74, 6) is -0.780. The van der Waals surface area contributed by atoms with Crippen molar-refractivity contribution in [3.63, 3.8) is 0 Å². The minimum Gasteiger partial charge on any atom is -0.481 e. The Hall–Kier alpha value is -1.36. The van der Waals surface area contributed by atoms with E-state index in [0.717, 1.165) is 12.8 Å². The van der Waals surface area contributed by atoms with Gasteiger partial charge in [0, 0.05) is 19.3 Å². The molecule has 1 aliphatic carbocycles. The number of nitrogens with zero attached hydrogens (tertiary/aromatic N) is 2. The van der Waals surface area contributed by atoms with Crippen molar-refractivity contribution in [2.45, 2.75) is 37.1 Å². The van der Waals surface area contributed by atoms with E-state index in [0.29, 0.717) is 18.5 Å². The average Bonchev–Trinajstić information content (AvgIpc) is 2.66. The van der Waals surface area contributed by atoms with E-state index in [9.17, 15) is 9.90 Å². The largest absolute Gasteiger partial charge is 0.481 e. The van der Waals surface area contributed by atoms with Gasteiger partial charge < -0.3 is 15.4 Å². The van der Waals surface area contributed by atoms with Crippen LogP contribution >= 0.6 is 0 Å². The number of carboxylic acid groups (broad SMARTS) is 1. The summed E-state index contributed by atoms with van der Waals surface area (Å²) in [7, 11) is 1.85. The van der Waals surface area contributed by atoms with Gasteiger partial charge >= 0.3 is 5.97 Å². The average molecular weight is 223 g/mol. The second kappa shape index (κ2) is 3.90. The van der Waals surface area contributed by atoms with Crippen molar-refractivity contribution in [1.29, 1.82) is 0 Å². The van der Waals surface area contributed by atoms with Crippen LogP contribution in [0, 0.1) is 0 Å². The lowest BCUT2D eigenvalue weighted by Gasteiger charge is -2.34. The summed E-state index contributed by atoms with van der Waals surface area (Å²) in [5, 5.41) is 9.45. The van der Waals surface area contributed by atoms with Gasteiger partial charge in [0.25, 0.3) is 0 Å². The second-order valence-electron chi connectivity index (χ2n) is 4.65. The van der Waals surface area contributed by atoms with Crippen molar-refractivity contribution in [1.82, 2.24) is 9.55 Å². The van der Waals surface area contributed by atoms with Crippen LogP contribution in [0.25, 0.3) is 0 Å². The van der Waals surface area contributed by atoms with E-state index in [-0.39, 0.29) is 6.04 Å². The third kappa shape index (κ3) is 1.71. The predicted molar refractivity (Wildman–Crippen MR) is 59.0 cm³/mol. The maximum absolute atomic E-state index is 11.5. The first-order chi connectivity index (χ1) is 7.54. The number of aryl methyl sites for hydroxylation is 1. The van der Waals surface area contributed by atoms with E-state index in [4.69, 9.17) is 5.73 Å². The molecule has 5 nitrogen and oxygen atoms in total. The van der Waals surface area contributed by atoms with Gasteiger partial charge in [-0.15, -0.1) is 0 Å². The van der Waals surface area contributed by atoms with Crippen LogP contribution in [0.2, 0.25) is 0 Å². The number of carboxylic acids is 1. The molecule has 16 heavy (non-hydrogen) atoms. The maximum Gasteiger partial charge on any atom is 0.315 e. The summed E-state index contributed by atoms with van der Waals surface area (Å²) >= 11 is 0. The lowest BCUT2D eigenvalue weighted by molar-refractivity contribution is -0.145. The third-order valence-electron chi connectivity index (χ3n) is 3.49. The number of hydrogen-bond donors (Lipinski definition) is 2. The molecule has 1 aliphatic rings. The van der Waals surface area contributed by atoms with E-state index in [1.807, 2.05) is 7.05 Å². The fourth-order valence-corrected chi connectivity index (χ4v) is 2.37. The van der Waals surface area contributed by atoms with Gasteiger partial charge in [-0.3, -0.25) is 4.79 Å². The van der Waals surface area contributed by atoms with E-state index >= 15 is 0 Å². The quantitative estimate of drug-likeness (QED) is 0.771. The number of hydrogen-bond acceptors (Lipinski definition) is 3. The maximum atomic E-state index is 11.5. The Balaban J connectivity index is 2.33. The van der Waals surface area contributed by atoms with Crippen molar-refractivity contribution in [2.75, 3.05) is 0 Å². The van der Waals surface area contributed by atoms with Gasteiger partial charge in [0.05, 0.1) is 12.0 Å². The van der Waals surface area contributed by atoms with E-state index in [1.165, 1.54) is 0 Å². The Kier molecular flexibility index (Phi) is 2.71. The molecule has 1 fully saturated rings. The van der Waals surface area contributed by atoms with E-state index in [2.05, 4.69) is 4.98 Å². The van der Waals surface area contributed by atoms with Gasteiger partial charge in [0.2, 0.25) is 0 Å². The van der Waals surface area contributed by atoms with Crippen LogP contribution in [0.15, 0.2) is 12.5 Å².